The molecule has 0 N–H and O–H groups in total. The zero-order chi connectivity index (χ0) is 14.8. The van der Waals surface area contributed by atoms with E-state index in [2.05, 4.69) is 11.1 Å². The zero-order valence-electron chi connectivity index (χ0n) is 11.7. The van der Waals surface area contributed by atoms with E-state index in [9.17, 15) is 15.4 Å². The molecule has 1 aromatic rings. The van der Waals surface area contributed by atoms with Crippen molar-refractivity contribution in [2.75, 3.05) is 13.2 Å². The van der Waals surface area contributed by atoms with Crippen molar-refractivity contribution in [3.8, 4) is 6.07 Å². The van der Waals surface area contributed by atoms with E-state index in [0.29, 0.717) is 49.3 Å². The monoisotopic (exact) mass is 275 g/mol. The van der Waals surface area contributed by atoms with Gasteiger partial charge in [0.1, 0.15) is 0 Å². The molecule has 0 aromatic carbocycles. The van der Waals surface area contributed by atoms with Crippen LogP contribution in [-0.4, -0.2) is 23.1 Å². The summed E-state index contributed by atoms with van der Waals surface area (Å²) in [6, 6.07) is 2.37. The lowest BCUT2D eigenvalue weighted by Crippen LogP contribution is -2.31. The number of nitriles is 1. The number of aromatic nitrogens is 1. The predicted molar refractivity (Wildman–Crippen MR) is 72.2 cm³/mol. The van der Waals surface area contributed by atoms with Crippen LogP contribution in [-0.2, 0) is 11.2 Å². The van der Waals surface area contributed by atoms with Gasteiger partial charge in [0.05, 0.1) is 22.1 Å². The quantitative estimate of drug-likeness (QED) is 0.624. The van der Waals surface area contributed by atoms with Gasteiger partial charge in [0.2, 0.25) is 0 Å². The maximum absolute atomic E-state index is 11.1. The van der Waals surface area contributed by atoms with Crippen LogP contribution in [0.1, 0.15) is 29.7 Å². The minimum atomic E-state index is -0.515. The smallest absolute Gasteiger partial charge is 0.278 e. The second kappa shape index (κ2) is 5.55. The minimum absolute atomic E-state index is 0.107. The third-order valence-corrected chi connectivity index (χ3v) is 3.95. The fraction of sp³-hybridized carbons (Fsp3) is 0.571. The molecule has 0 atom stereocenters. The molecule has 6 nitrogen and oxygen atoms in total. The van der Waals surface area contributed by atoms with Gasteiger partial charge in [-0.15, -0.1) is 0 Å². The van der Waals surface area contributed by atoms with Gasteiger partial charge in [-0.2, -0.15) is 5.26 Å². The Labute approximate surface area is 117 Å². The summed E-state index contributed by atoms with van der Waals surface area (Å²) in [6.45, 7) is 4.50. The maximum Gasteiger partial charge on any atom is 0.278 e. The Kier molecular flexibility index (Phi) is 4.00. The van der Waals surface area contributed by atoms with Crippen LogP contribution >= 0.6 is 0 Å². The number of pyridine rings is 1. The zero-order valence-corrected chi connectivity index (χ0v) is 11.7. The van der Waals surface area contributed by atoms with Gasteiger partial charge in [-0.3, -0.25) is 15.1 Å². The first-order valence-corrected chi connectivity index (χ1v) is 6.57. The fourth-order valence-corrected chi connectivity index (χ4v) is 2.64. The third kappa shape index (κ3) is 2.63. The largest absolute Gasteiger partial charge is 0.381 e. The summed E-state index contributed by atoms with van der Waals surface area (Å²) in [6.07, 6.45) is 3.25. The summed E-state index contributed by atoms with van der Waals surface area (Å²) in [5.41, 5.74) is 1.35. The van der Waals surface area contributed by atoms with Crippen LogP contribution in [0.5, 0.6) is 0 Å². The van der Waals surface area contributed by atoms with Gasteiger partial charge in [0.25, 0.3) is 5.69 Å². The van der Waals surface area contributed by atoms with Crippen molar-refractivity contribution in [2.45, 2.75) is 33.1 Å². The average molecular weight is 275 g/mol. The molecule has 0 radical (unpaired) electrons. The maximum atomic E-state index is 11.1. The molecule has 0 aliphatic carbocycles. The Bertz CT molecular complexity index is 572. The SMILES string of the molecule is Cc1cnc(CC2(C#N)CCOCC2)c(C)c1[N+](=O)[O-]. The summed E-state index contributed by atoms with van der Waals surface area (Å²) in [5.74, 6) is 0. The second-order valence-electron chi connectivity index (χ2n) is 5.30. The van der Waals surface area contributed by atoms with E-state index >= 15 is 0 Å². The molecule has 6 heteroatoms. The van der Waals surface area contributed by atoms with Gasteiger partial charge in [0, 0.05) is 37.0 Å². The van der Waals surface area contributed by atoms with Gasteiger partial charge in [-0.1, -0.05) is 0 Å². The highest BCUT2D eigenvalue weighted by Gasteiger charge is 2.35. The van der Waals surface area contributed by atoms with Crippen LogP contribution < -0.4 is 0 Å². The Morgan fingerprint density at radius 1 is 1.50 bits per heavy atom. The molecular formula is C14H17N3O3. The summed E-state index contributed by atoms with van der Waals surface area (Å²) < 4.78 is 5.30. The van der Waals surface area contributed by atoms with Gasteiger partial charge in [-0.05, 0) is 26.7 Å². The van der Waals surface area contributed by atoms with E-state index in [4.69, 9.17) is 4.74 Å². The first-order valence-electron chi connectivity index (χ1n) is 6.57. The van der Waals surface area contributed by atoms with Crippen LogP contribution in [0.4, 0.5) is 5.69 Å². The molecule has 106 valence electrons. The number of hydrogen-bond acceptors (Lipinski definition) is 5. The van der Waals surface area contributed by atoms with Crippen molar-refractivity contribution < 1.29 is 9.66 Å². The van der Waals surface area contributed by atoms with Crippen LogP contribution in [0.2, 0.25) is 0 Å². The molecule has 1 saturated heterocycles. The lowest BCUT2D eigenvalue weighted by molar-refractivity contribution is -0.386. The molecule has 1 fully saturated rings. The number of hydrogen-bond donors (Lipinski definition) is 0. The molecular weight excluding hydrogens is 258 g/mol. The molecule has 0 saturated carbocycles. The highest BCUT2D eigenvalue weighted by Crippen LogP contribution is 2.35. The van der Waals surface area contributed by atoms with Crippen molar-refractivity contribution in [1.29, 1.82) is 5.26 Å². The number of nitrogens with zero attached hydrogens (tertiary/aromatic N) is 3. The number of ether oxygens (including phenoxy) is 1. The van der Waals surface area contributed by atoms with Crippen molar-refractivity contribution in [3.63, 3.8) is 0 Å². The second-order valence-corrected chi connectivity index (χ2v) is 5.30. The van der Waals surface area contributed by atoms with E-state index < -0.39 is 5.41 Å². The van der Waals surface area contributed by atoms with E-state index in [1.54, 1.807) is 13.8 Å². The Morgan fingerprint density at radius 2 is 2.15 bits per heavy atom. The Morgan fingerprint density at radius 3 is 2.70 bits per heavy atom. The third-order valence-electron chi connectivity index (χ3n) is 3.95. The van der Waals surface area contributed by atoms with E-state index in [1.807, 2.05) is 0 Å². The van der Waals surface area contributed by atoms with Gasteiger partial charge < -0.3 is 4.74 Å². The van der Waals surface area contributed by atoms with Crippen molar-refractivity contribution in [3.05, 3.63) is 33.1 Å². The molecule has 1 aliphatic rings. The summed E-state index contributed by atoms with van der Waals surface area (Å²) in [7, 11) is 0. The van der Waals surface area contributed by atoms with Crippen LogP contribution in [0.25, 0.3) is 0 Å². The molecule has 20 heavy (non-hydrogen) atoms. The number of aryl methyl sites for hydroxylation is 1. The van der Waals surface area contributed by atoms with Gasteiger partial charge in [-0.25, -0.2) is 0 Å². The molecule has 0 spiro atoms. The van der Waals surface area contributed by atoms with E-state index in [0.717, 1.165) is 0 Å². The van der Waals surface area contributed by atoms with Crippen LogP contribution in [0.3, 0.4) is 0 Å². The van der Waals surface area contributed by atoms with Gasteiger partial charge in [0.15, 0.2) is 0 Å². The predicted octanol–water partition coefficient (Wildman–Crippen LogP) is 2.47. The van der Waals surface area contributed by atoms with E-state index in [1.165, 1.54) is 6.20 Å². The van der Waals surface area contributed by atoms with Crippen molar-refractivity contribution in [2.24, 2.45) is 5.41 Å². The molecule has 1 aromatic heterocycles. The topological polar surface area (TPSA) is 89.0 Å². The minimum Gasteiger partial charge on any atom is -0.381 e. The standard InChI is InChI=1S/C14H17N3O3/c1-10-8-16-12(11(2)13(10)17(18)19)7-14(9-15)3-5-20-6-4-14/h8H,3-7H2,1-2H3. The summed E-state index contributed by atoms with van der Waals surface area (Å²) in [4.78, 5) is 15.1. The van der Waals surface area contributed by atoms with Crippen LogP contribution in [0, 0.1) is 40.7 Å². The first-order chi connectivity index (χ1) is 9.49. The highest BCUT2D eigenvalue weighted by atomic mass is 16.6. The normalized spacial score (nSPS) is 17.4. The number of nitro groups is 1. The number of rotatable bonds is 3. The van der Waals surface area contributed by atoms with Crippen molar-refractivity contribution in [1.82, 2.24) is 4.98 Å². The highest BCUT2D eigenvalue weighted by molar-refractivity contribution is 5.47. The molecule has 1 aliphatic heterocycles. The Balaban J connectivity index is 2.37. The lowest BCUT2D eigenvalue weighted by atomic mass is 9.77. The molecule has 2 heterocycles. The first kappa shape index (κ1) is 14.4. The van der Waals surface area contributed by atoms with Crippen LogP contribution in [0.15, 0.2) is 6.20 Å². The summed E-state index contributed by atoms with van der Waals surface area (Å²) in [5, 5.41) is 20.6. The lowest BCUT2D eigenvalue weighted by Gasteiger charge is -2.30. The average Bonchev–Trinajstić information content (AvgIpc) is 2.43. The van der Waals surface area contributed by atoms with E-state index in [-0.39, 0.29) is 10.6 Å². The van der Waals surface area contributed by atoms with Gasteiger partial charge >= 0.3 is 0 Å². The molecule has 0 unspecified atom stereocenters. The molecule has 0 bridgehead atoms. The molecule has 0 amide bonds. The fourth-order valence-electron chi connectivity index (χ4n) is 2.64. The van der Waals surface area contributed by atoms with Crippen molar-refractivity contribution >= 4 is 5.69 Å². The molecule has 2 rings (SSSR count). The summed E-state index contributed by atoms with van der Waals surface area (Å²) >= 11 is 0. The Hall–Kier alpha value is -2.00.